The first-order chi connectivity index (χ1) is 9.08. The van der Waals surface area contributed by atoms with Crippen molar-refractivity contribution in [1.82, 2.24) is 9.78 Å². The molecule has 1 aromatic heterocycles. The Hall–Kier alpha value is -1.03. The third kappa shape index (κ3) is 4.23. The number of hydrogen-bond donors (Lipinski definition) is 1. The summed E-state index contributed by atoms with van der Waals surface area (Å²) in [5.74, 6) is 1.31. The fourth-order valence-electron chi connectivity index (χ4n) is 2.03. The van der Waals surface area contributed by atoms with Crippen LogP contribution in [0.15, 0.2) is 11.0 Å². The van der Waals surface area contributed by atoms with Gasteiger partial charge in [0.25, 0.3) is 5.56 Å². The van der Waals surface area contributed by atoms with Crippen molar-refractivity contribution in [2.24, 2.45) is 11.8 Å². The molecule has 1 fully saturated rings. The number of hydrogen-bond acceptors (Lipinski definition) is 3. The third-order valence-corrected chi connectivity index (χ3v) is 3.67. The molecule has 0 aromatic carbocycles. The zero-order valence-electron chi connectivity index (χ0n) is 11.7. The minimum atomic E-state index is -0.0936. The van der Waals surface area contributed by atoms with E-state index in [1.165, 1.54) is 17.5 Å². The molecular weight excluding hydrogens is 262 g/mol. The molecule has 0 saturated heterocycles. The van der Waals surface area contributed by atoms with Gasteiger partial charge in [-0.15, -0.1) is 0 Å². The Bertz CT molecular complexity index is 480. The van der Waals surface area contributed by atoms with E-state index < -0.39 is 0 Å². The Morgan fingerprint density at radius 3 is 2.89 bits per heavy atom. The largest absolute Gasteiger partial charge is 0.379 e. The highest BCUT2D eigenvalue weighted by atomic mass is 35.5. The van der Waals surface area contributed by atoms with Gasteiger partial charge in [-0.2, -0.15) is 5.10 Å². The van der Waals surface area contributed by atoms with Crippen molar-refractivity contribution in [3.8, 4) is 0 Å². The van der Waals surface area contributed by atoms with Gasteiger partial charge in [-0.25, -0.2) is 4.68 Å². The maximum atomic E-state index is 12.2. The summed E-state index contributed by atoms with van der Waals surface area (Å²) < 4.78 is 1.54. The van der Waals surface area contributed by atoms with Crippen molar-refractivity contribution < 1.29 is 0 Å². The smallest absolute Gasteiger partial charge is 0.291 e. The summed E-state index contributed by atoms with van der Waals surface area (Å²) in [6.45, 7) is 5.89. The molecule has 0 atom stereocenters. The van der Waals surface area contributed by atoms with Crippen molar-refractivity contribution in [2.75, 3.05) is 11.9 Å². The summed E-state index contributed by atoms with van der Waals surface area (Å²) in [5.41, 5.74) is 0.407. The lowest BCUT2D eigenvalue weighted by Gasteiger charge is -2.11. The van der Waals surface area contributed by atoms with E-state index in [-0.39, 0.29) is 5.56 Å². The van der Waals surface area contributed by atoms with E-state index >= 15 is 0 Å². The summed E-state index contributed by atoms with van der Waals surface area (Å²) in [6.07, 6.45) is 6.16. The SMILES string of the molecule is CC(C)CCCNc1c(Cl)cnn(CC2CC2)c1=O. The van der Waals surface area contributed by atoms with E-state index in [0.717, 1.165) is 25.9 Å². The molecule has 19 heavy (non-hydrogen) atoms. The third-order valence-electron chi connectivity index (χ3n) is 3.39. The topological polar surface area (TPSA) is 46.9 Å². The normalized spacial score (nSPS) is 14.9. The number of halogens is 1. The van der Waals surface area contributed by atoms with Crippen molar-refractivity contribution in [3.05, 3.63) is 21.6 Å². The number of aromatic nitrogens is 2. The zero-order valence-corrected chi connectivity index (χ0v) is 12.4. The summed E-state index contributed by atoms with van der Waals surface area (Å²) >= 11 is 6.06. The molecule has 1 aliphatic carbocycles. The van der Waals surface area contributed by atoms with Crippen LogP contribution in [0.1, 0.15) is 39.5 Å². The van der Waals surface area contributed by atoms with Gasteiger partial charge >= 0.3 is 0 Å². The van der Waals surface area contributed by atoms with Crippen LogP contribution in [-0.2, 0) is 6.54 Å². The average molecular weight is 284 g/mol. The summed E-state index contributed by atoms with van der Waals surface area (Å²) in [6, 6.07) is 0. The van der Waals surface area contributed by atoms with Crippen molar-refractivity contribution >= 4 is 17.3 Å². The van der Waals surface area contributed by atoms with Gasteiger partial charge in [0.15, 0.2) is 0 Å². The minimum absolute atomic E-state index is 0.0936. The van der Waals surface area contributed by atoms with E-state index in [2.05, 4.69) is 24.3 Å². The minimum Gasteiger partial charge on any atom is -0.379 e. The Labute approximate surface area is 119 Å². The van der Waals surface area contributed by atoms with Crippen LogP contribution in [0, 0.1) is 11.8 Å². The molecule has 1 aliphatic rings. The van der Waals surface area contributed by atoms with Gasteiger partial charge in [0.2, 0.25) is 0 Å². The first-order valence-electron chi connectivity index (χ1n) is 7.07. The average Bonchev–Trinajstić information content (AvgIpc) is 3.15. The van der Waals surface area contributed by atoms with Crippen LogP contribution in [0.5, 0.6) is 0 Å². The Morgan fingerprint density at radius 2 is 2.26 bits per heavy atom. The molecule has 2 rings (SSSR count). The first kappa shape index (κ1) is 14.4. The second-order valence-corrected chi connectivity index (χ2v) is 6.17. The molecule has 1 N–H and O–H groups in total. The standard InChI is InChI=1S/C14H22ClN3O/c1-10(2)4-3-7-16-13-12(15)8-17-18(14(13)19)9-11-5-6-11/h8,10-11,16H,3-7,9H2,1-2H3. The monoisotopic (exact) mass is 283 g/mol. The van der Waals surface area contributed by atoms with E-state index in [1.807, 2.05) is 0 Å². The quantitative estimate of drug-likeness (QED) is 0.782. The Kier molecular flexibility index (Phi) is 4.86. The molecule has 0 amide bonds. The second-order valence-electron chi connectivity index (χ2n) is 5.76. The van der Waals surface area contributed by atoms with Crippen molar-refractivity contribution in [2.45, 2.75) is 46.1 Å². The summed E-state index contributed by atoms with van der Waals surface area (Å²) in [4.78, 5) is 12.2. The maximum absolute atomic E-state index is 12.2. The molecule has 0 radical (unpaired) electrons. The summed E-state index contributed by atoms with van der Waals surface area (Å²) in [7, 11) is 0. The molecule has 0 aliphatic heterocycles. The van der Waals surface area contributed by atoms with Gasteiger partial charge in [0, 0.05) is 13.1 Å². The molecule has 0 bridgehead atoms. The zero-order chi connectivity index (χ0) is 13.8. The number of anilines is 1. The molecule has 1 heterocycles. The summed E-state index contributed by atoms with van der Waals surface area (Å²) in [5, 5.41) is 7.69. The fraction of sp³-hybridized carbons (Fsp3) is 0.714. The molecule has 106 valence electrons. The van der Waals surface area contributed by atoms with Gasteiger partial charge in [0.05, 0.1) is 11.2 Å². The van der Waals surface area contributed by atoms with Gasteiger partial charge in [-0.1, -0.05) is 25.4 Å². The van der Waals surface area contributed by atoms with Crippen LogP contribution in [0.25, 0.3) is 0 Å². The van der Waals surface area contributed by atoms with Crippen molar-refractivity contribution in [3.63, 3.8) is 0 Å². The predicted molar refractivity (Wildman–Crippen MR) is 78.8 cm³/mol. The van der Waals surface area contributed by atoms with Gasteiger partial charge in [0.1, 0.15) is 5.69 Å². The Balaban J connectivity index is 1.99. The Morgan fingerprint density at radius 1 is 1.53 bits per heavy atom. The molecular formula is C14H22ClN3O. The molecule has 4 nitrogen and oxygen atoms in total. The van der Waals surface area contributed by atoms with Crippen molar-refractivity contribution in [1.29, 1.82) is 0 Å². The fourth-order valence-corrected chi connectivity index (χ4v) is 2.22. The van der Waals surface area contributed by atoms with Crippen LogP contribution in [0.4, 0.5) is 5.69 Å². The predicted octanol–water partition coefficient (Wildman–Crippen LogP) is 3.15. The molecule has 1 aromatic rings. The van der Waals surface area contributed by atoms with Gasteiger partial charge < -0.3 is 5.32 Å². The highest BCUT2D eigenvalue weighted by Crippen LogP contribution is 2.30. The van der Waals surface area contributed by atoms with Crippen LogP contribution >= 0.6 is 11.6 Å². The first-order valence-corrected chi connectivity index (χ1v) is 7.45. The highest BCUT2D eigenvalue weighted by Gasteiger charge is 2.23. The second kappa shape index (κ2) is 6.42. The lowest BCUT2D eigenvalue weighted by molar-refractivity contribution is 0.533. The molecule has 5 heteroatoms. The maximum Gasteiger partial charge on any atom is 0.291 e. The number of nitrogens with one attached hydrogen (secondary N) is 1. The number of nitrogens with zero attached hydrogens (tertiary/aromatic N) is 2. The number of rotatable bonds is 7. The van der Waals surface area contributed by atoms with E-state index in [1.54, 1.807) is 6.20 Å². The lowest BCUT2D eigenvalue weighted by Crippen LogP contribution is -2.27. The van der Waals surface area contributed by atoms with Crippen LogP contribution in [-0.4, -0.2) is 16.3 Å². The molecule has 0 spiro atoms. The van der Waals surface area contributed by atoms with Crippen LogP contribution in [0.2, 0.25) is 5.02 Å². The van der Waals surface area contributed by atoms with Crippen LogP contribution in [0.3, 0.4) is 0 Å². The van der Waals surface area contributed by atoms with Gasteiger partial charge in [-0.3, -0.25) is 4.79 Å². The lowest BCUT2D eigenvalue weighted by atomic mass is 10.1. The highest BCUT2D eigenvalue weighted by molar-refractivity contribution is 6.32. The van der Waals surface area contributed by atoms with E-state index in [4.69, 9.17) is 11.6 Å². The van der Waals surface area contributed by atoms with E-state index in [9.17, 15) is 4.79 Å². The van der Waals surface area contributed by atoms with Gasteiger partial charge in [-0.05, 0) is 37.5 Å². The van der Waals surface area contributed by atoms with Crippen LogP contribution < -0.4 is 10.9 Å². The van der Waals surface area contributed by atoms with E-state index in [0.29, 0.717) is 22.5 Å². The molecule has 1 saturated carbocycles. The molecule has 0 unspecified atom stereocenters.